The van der Waals surface area contributed by atoms with Crippen molar-refractivity contribution in [3.8, 4) is 23.1 Å². The van der Waals surface area contributed by atoms with Crippen LogP contribution in [0.5, 0.6) is 23.1 Å². The molecule has 192 valence electrons. The van der Waals surface area contributed by atoms with Gasteiger partial charge in [0.25, 0.3) is 0 Å². The second-order valence-corrected chi connectivity index (χ2v) is 9.40. The zero-order valence-electron chi connectivity index (χ0n) is 21.2. The van der Waals surface area contributed by atoms with Crippen LogP contribution in [0.4, 0.5) is 10.5 Å². The van der Waals surface area contributed by atoms with E-state index in [0.29, 0.717) is 46.3 Å². The highest BCUT2D eigenvalue weighted by atomic mass is 32.2. The van der Waals surface area contributed by atoms with E-state index in [1.165, 1.54) is 22.3 Å². The molecule has 0 fully saturated rings. The average molecular weight is 520 g/mol. The lowest BCUT2D eigenvalue weighted by Gasteiger charge is -2.12. The lowest BCUT2D eigenvalue weighted by molar-refractivity contribution is 0.162. The van der Waals surface area contributed by atoms with Crippen LogP contribution in [-0.2, 0) is 4.74 Å². The number of rotatable bonds is 10. The van der Waals surface area contributed by atoms with Crippen molar-refractivity contribution in [2.24, 2.45) is 0 Å². The van der Waals surface area contributed by atoms with E-state index in [0.717, 1.165) is 12.2 Å². The number of hydrogen-bond donors (Lipinski definition) is 1. The van der Waals surface area contributed by atoms with Crippen molar-refractivity contribution in [3.05, 3.63) is 72.1 Å². The molecule has 0 aliphatic carbocycles. The molecule has 1 amide bonds. The predicted octanol–water partition coefficient (Wildman–Crippen LogP) is 6.79. The summed E-state index contributed by atoms with van der Waals surface area (Å²) >= 11 is 1.78. The Hall–Kier alpha value is -3.98. The minimum Gasteiger partial charge on any atom is -0.493 e. The number of amides is 1. The number of nitrogens with one attached hydrogen (secondary N) is 1. The molecule has 0 bridgehead atoms. The molecule has 4 rings (SSSR count). The van der Waals surface area contributed by atoms with Gasteiger partial charge in [-0.3, -0.25) is 5.32 Å². The molecular formula is C28H29N3O5S. The third-order valence-electron chi connectivity index (χ3n) is 5.54. The van der Waals surface area contributed by atoms with Gasteiger partial charge < -0.3 is 18.9 Å². The van der Waals surface area contributed by atoms with Crippen LogP contribution in [0.1, 0.15) is 17.5 Å². The molecule has 0 spiro atoms. The zero-order chi connectivity index (χ0) is 26.2. The van der Waals surface area contributed by atoms with Gasteiger partial charge in [-0.1, -0.05) is 17.7 Å². The quantitative estimate of drug-likeness (QED) is 0.181. The van der Waals surface area contributed by atoms with Gasteiger partial charge in [0.2, 0.25) is 5.88 Å². The van der Waals surface area contributed by atoms with E-state index in [1.807, 2.05) is 0 Å². The molecule has 4 aromatic rings. The zero-order valence-corrected chi connectivity index (χ0v) is 22.1. The van der Waals surface area contributed by atoms with E-state index in [1.54, 1.807) is 62.4 Å². The number of aromatic nitrogens is 2. The van der Waals surface area contributed by atoms with Crippen LogP contribution in [0.15, 0.2) is 65.8 Å². The van der Waals surface area contributed by atoms with Gasteiger partial charge in [0.05, 0.1) is 31.7 Å². The van der Waals surface area contributed by atoms with E-state index in [2.05, 4.69) is 47.3 Å². The number of nitrogens with zero attached hydrogens (tertiary/aromatic N) is 2. The van der Waals surface area contributed by atoms with Crippen LogP contribution in [0.25, 0.3) is 10.9 Å². The number of carbonyl (C=O) groups is 1. The number of thioether (sulfide) groups is 1. The first kappa shape index (κ1) is 26.1. The fourth-order valence-electron chi connectivity index (χ4n) is 3.58. The van der Waals surface area contributed by atoms with E-state index in [-0.39, 0.29) is 0 Å². The highest BCUT2D eigenvalue weighted by Crippen LogP contribution is 2.35. The minimum atomic E-state index is -0.492. The summed E-state index contributed by atoms with van der Waals surface area (Å²) in [5.41, 5.74) is 3.76. The number of hydrogen-bond acceptors (Lipinski definition) is 8. The van der Waals surface area contributed by atoms with Crippen LogP contribution in [0.3, 0.4) is 0 Å². The van der Waals surface area contributed by atoms with Crippen molar-refractivity contribution in [3.63, 3.8) is 0 Å². The molecule has 0 saturated carbocycles. The van der Waals surface area contributed by atoms with Crippen molar-refractivity contribution < 1.29 is 23.7 Å². The average Bonchev–Trinajstić information content (AvgIpc) is 2.90. The molecule has 0 aliphatic rings. The summed E-state index contributed by atoms with van der Waals surface area (Å²) < 4.78 is 22.0. The number of fused-ring (bicyclic) bond motifs is 1. The van der Waals surface area contributed by atoms with Gasteiger partial charge in [0, 0.05) is 22.4 Å². The Balaban J connectivity index is 1.28. The maximum atomic E-state index is 12.2. The van der Waals surface area contributed by atoms with Crippen molar-refractivity contribution in [1.82, 2.24) is 9.97 Å². The molecule has 0 radical (unpaired) electrons. The van der Waals surface area contributed by atoms with Gasteiger partial charge in [0.15, 0.2) is 11.5 Å². The number of anilines is 1. The molecule has 8 nitrogen and oxygen atoms in total. The molecule has 1 N–H and O–H groups in total. The van der Waals surface area contributed by atoms with E-state index < -0.39 is 6.09 Å². The maximum absolute atomic E-state index is 12.2. The minimum absolute atomic E-state index is 0.347. The number of ether oxygens (including phenoxy) is 4. The van der Waals surface area contributed by atoms with Gasteiger partial charge in [-0.05, 0) is 62.2 Å². The van der Waals surface area contributed by atoms with Crippen LogP contribution in [-0.4, -0.2) is 42.6 Å². The number of benzene rings is 3. The highest BCUT2D eigenvalue weighted by molar-refractivity contribution is 7.99. The van der Waals surface area contributed by atoms with Crippen molar-refractivity contribution >= 4 is 34.4 Å². The second-order valence-electron chi connectivity index (χ2n) is 8.26. The summed E-state index contributed by atoms with van der Waals surface area (Å²) in [6, 6.07) is 16.9. The van der Waals surface area contributed by atoms with Gasteiger partial charge in [-0.25, -0.2) is 14.8 Å². The van der Waals surface area contributed by atoms with Crippen LogP contribution in [0, 0.1) is 13.8 Å². The molecule has 0 saturated heterocycles. The van der Waals surface area contributed by atoms with Gasteiger partial charge in [-0.2, -0.15) is 0 Å². The highest BCUT2D eigenvalue weighted by Gasteiger charge is 2.13. The van der Waals surface area contributed by atoms with Crippen LogP contribution >= 0.6 is 11.8 Å². The molecule has 1 heterocycles. The number of methoxy groups -OCH3 is 2. The summed E-state index contributed by atoms with van der Waals surface area (Å²) in [6.45, 7) is 4.54. The second kappa shape index (κ2) is 12.3. The van der Waals surface area contributed by atoms with Crippen LogP contribution in [0.2, 0.25) is 0 Å². The van der Waals surface area contributed by atoms with Gasteiger partial charge in [0.1, 0.15) is 12.1 Å². The lowest BCUT2D eigenvalue weighted by atomic mass is 10.2. The Bertz CT molecular complexity index is 1380. The smallest absolute Gasteiger partial charge is 0.411 e. The van der Waals surface area contributed by atoms with E-state index in [9.17, 15) is 4.79 Å². The third-order valence-corrected chi connectivity index (χ3v) is 6.79. The molecule has 1 aromatic heterocycles. The Kier molecular flexibility index (Phi) is 8.68. The molecular weight excluding hydrogens is 490 g/mol. The summed E-state index contributed by atoms with van der Waals surface area (Å²) in [5.74, 6) is 2.93. The van der Waals surface area contributed by atoms with Crippen molar-refractivity contribution in [2.75, 3.05) is 31.9 Å². The van der Waals surface area contributed by atoms with Crippen molar-refractivity contribution in [1.29, 1.82) is 0 Å². The first-order valence-electron chi connectivity index (χ1n) is 11.8. The topological polar surface area (TPSA) is 91.8 Å². The predicted molar refractivity (Wildman–Crippen MR) is 145 cm³/mol. The summed E-state index contributed by atoms with van der Waals surface area (Å²) in [6.07, 6.45) is 1.70. The summed E-state index contributed by atoms with van der Waals surface area (Å²) in [7, 11) is 3.14. The standard InChI is InChI=1S/C28H29N3O5S/c1-18-6-7-19(2)26(14-18)37-13-5-12-35-28(32)31-20-8-10-21(11-9-20)36-27-22-15-24(33-3)25(34-4)16-23(22)29-17-30-27/h6-11,14-17H,5,12-13H2,1-4H3,(H,31,32). The normalized spacial score (nSPS) is 10.7. The third kappa shape index (κ3) is 6.83. The van der Waals surface area contributed by atoms with Gasteiger partial charge in [-0.15, -0.1) is 11.8 Å². The Morgan fingerprint density at radius 1 is 0.946 bits per heavy atom. The Morgan fingerprint density at radius 2 is 1.70 bits per heavy atom. The first-order chi connectivity index (χ1) is 18.0. The van der Waals surface area contributed by atoms with Crippen LogP contribution < -0.4 is 19.5 Å². The molecule has 3 aromatic carbocycles. The Morgan fingerprint density at radius 3 is 2.46 bits per heavy atom. The molecule has 0 unspecified atom stereocenters. The SMILES string of the molecule is COc1cc2ncnc(Oc3ccc(NC(=O)OCCCSc4cc(C)ccc4C)cc3)c2cc1OC. The fraction of sp³-hybridized carbons (Fsp3) is 0.250. The monoisotopic (exact) mass is 519 g/mol. The lowest BCUT2D eigenvalue weighted by Crippen LogP contribution is -2.14. The number of carbonyl (C=O) groups excluding carboxylic acids is 1. The first-order valence-corrected chi connectivity index (χ1v) is 12.7. The van der Waals surface area contributed by atoms with E-state index >= 15 is 0 Å². The molecule has 0 atom stereocenters. The van der Waals surface area contributed by atoms with Crippen molar-refractivity contribution in [2.45, 2.75) is 25.2 Å². The van der Waals surface area contributed by atoms with E-state index in [4.69, 9.17) is 18.9 Å². The Labute approximate surface area is 220 Å². The maximum Gasteiger partial charge on any atom is 0.411 e. The number of aryl methyl sites for hydroxylation is 2. The molecule has 9 heteroatoms. The molecule has 37 heavy (non-hydrogen) atoms. The summed E-state index contributed by atoms with van der Waals surface area (Å²) in [4.78, 5) is 22.0. The largest absolute Gasteiger partial charge is 0.493 e. The van der Waals surface area contributed by atoms with Gasteiger partial charge >= 0.3 is 6.09 Å². The molecule has 0 aliphatic heterocycles. The fourth-order valence-corrected chi connectivity index (χ4v) is 4.63. The summed E-state index contributed by atoms with van der Waals surface area (Å²) in [5, 5.41) is 3.42.